The fourth-order valence-electron chi connectivity index (χ4n) is 1.41. The highest BCUT2D eigenvalue weighted by Crippen LogP contribution is 2.15. The van der Waals surface area contributed by atoms with Gasteiger partial charge in [-0.25, -0.2) is 0 Å². The Morgan fingerprint density at radius 3 is 2.24 bits per heavy atom. The van der Waals surface area contributed by atoms with E-state index in [9.17, 15) is 9.59 Å². The first-order chi connectivity index (χ1) is 7.68. The van der Waals surface area contributed by atoms with Crippen LogP contribution in [0.2, 0.25) is 0 Å². The molecule has 1 N–H and O–H groups in total. The van der Waals surface area contributed by atoms with Crippen LogP contribution in [0.1, 0.15) is 40.5 Å². The highest BCUT2D eigenvalue weighted by atomic mass is 16.5. The standard InChI is InChI=1S/C12H23NO4/c1-9(17-5)6-7-10(14)13(8-11(15)16)12(2,3)4/h9H,6-8H2,1-5H3,(H,15,16). The molecule has 0 saturated heterocycles. The van der Waals surface area contributed by atoms with Crippen molar-refractivity contribution >= 4 is 11.9 Å². The Morgan fingerprint density at radius 1 is 1.35 bits per heavy atom. The number of methoxy groups -OCH3 is 1. The van der Waals surface area contributed by atoms with E-state index in [1.807, 2.05) is 27.7 Å². The number of amides is 1. The van der Waals surface area contributed by atoms with Gasteiger partial charge in [-0.15, -0.1) is 0 Å². The number of hydrogen-bond acceptors (Lipinski definition) is 3. The number of carbonyl (C=O) groups excluding carboxylic acids is 1. The highest BCUT2D eigenvalue weighted by Gasteiger charge is 2.28. The van der Waals surface area contributed by atoms with Gasteiger partial charge in [-0.2, -0.15) is 0 Å². The minimum Gasteiger partial charge on any atom is -0.480 e. The molecule has 0 bridgehead atoms. The lowest BCUT2D eigenvalue weighted by molar-refractivity contribution is -0.148. The third kappa shape index (κ3) is 6.26. The number of carboxylic acid groups (broad SMARTS) is 1. The van der Waals surface area contributed by atoms with Gasteiger partial charge in [0.25, 0.3) is 0 Å². The molecule has 0 spiro atoms. The molecule has 0 aromatic heterocycles. The van der Waals surface area contributed by atoms with E-state index in [-0.39, 0.29) is 18.6 Å². The average Bonchev–Trinajstić information content (AvgIpc) is 2.20. The molecule has 0 aliphatic carbocycles. The van der Waals surface area contributed by atoms with Crippen LogP contribution in [0.3, 0.4) is 0 Å². The molecule has 0 heterocycles. The first kappa shape index (κ1) is 15.9. The summed E-state index contributed by atoms with van der Waals surface area (Å²) >= 11 is 0. The van der Waals surface area contributed by atoms with E-state index in [1.54, 1.807) is 7.11 Å². The van der Waals surface area contributed by atoms with E-state index in [4.69, 9.17) is 9.84 Å². The third-order valence-electron chi connectivity index (χ3n) is 2.57. The van der Waals surface area contributed by atoms with Crippen molar-refractivity contribution in [2.24, 2.45) is 0 Å². The number of carbonyl (C=O) groups is 2. The van der Waals surface area contributed by atoms with Crippen LogP contribution in [0.25, 0.3) is 0 Å². The van der Waals surface area contributed by atoms with Crippen molar-refractivity contribution in [1.29, 1.82) is 0 Å². The molecule has 1 amide bonds. The summed E-state index contributed by atoms with van der Waals surface area (Å²) < 4.78 is 5.06. The van der Waals surface area contributed by atoms with Crippen LogP contribution in [-0.4, -0.2) is 47.2 Å². The fraction of sp³-hybridized carbons (Fsp3) is 0.833. The van der Waals surface area contributed by atoms with Gasteiger partial charge < -0.3 is 14.7 Å². The summed E-state index contributed by atoms with van der Waals surface area (Å²) in [4.78, 5) is 24.1. The van der Waals surface area contributed by atoms with E-state index >= 15 is 0 Å². The van der Waals surface area contributed by atoms with Crippen molar-refractivity contribution < 1.29 is 19.4 Å². The molecule has 0 rings (SSSR count). The topological polar surface area (TPSA) is 66.8 Å². The Kier molecular flexibility index (Phi) is 6.16. The molecule has 0 fully saturated rings. The lowest BCUT2D eigenvalue weighted by Gasteiger charge is -2.34. The predicted octanol–water partition coefficient (Wildman–Crippen LogP) is 1.51. The van der Waals surface area contributed by atoms with Crippen molar-refractivity contribution in [3.8, 4) is 0 Å². The number of carboxylic acids is 1. The smallest absolute Gasteiger partial charge is 0.323 e. The van der Waals surface area contributed by atoms with Gasteiger partial charge in [0.1, 0.15) is 6.54 Å². The summed E-state index contributed by atoms with van der Waals surface area (Å²) in [7, 11) is 1.59. The van der Waals surface area contributed by atoms with Gasteiger partial charge >= 0.3 is 5.97 Å². The summed E-state index contributed by atoms with van der Waals surface area (Å²) in [5.74, 6) is -1.14. The molecule has 0 saturated carbocycles. The minimum absolute atomic E-state index is 0.00518. The van der Waals surface area contributed by atoms with Crippen LogP contribution in [0, 0.1) is 0 Å². The van der Waals surface area contributed by atoms with Crippen LogP contribution in [0.5, 0.6) is 0 Å². The maximum atomic E-state index is 12.0. The van der Waals surface area contributed by atoms with Crippen molar-refractivity contribution in [2.45, 2.75) is 52.2 Å². The highest BCUT2D eigenvalue weighted by molar-refractivity contribution is 5.82. The van der Waals surface area contributed by atoms with E-state index < -0.39 is 11.5 Å². The summed E-state index contributed by atoms with van der Waals surface area (Å²) in [6.45, 7) is 7.10. The zero-order valence-electron chi connectivity index (χ0n) is 11.3. The van der Waals surface area contributed by atoms with Gasteiger partial charge in [-0.05, 0) is 34.1 Å². The number of hydrogen-bond donors (Lipinski definition) is 1. The largest absolute Gasteiger partial charge is 0.480 e. The second-order valence-corrected chi connectivity index (χ2v) is 5.13. The molecule has 0 aliphatic heterocycles. The van der Waals surface area contributed by atoms with Crippen molar-refractivity contribution in [2.75, 3.05) is 13.7 Å². The maximum Gasteiger partial charge on any atom is 0.323 e. The van der Waals surface area contributed by atoms with E-state index in [2.05, 4.69) is 0 Å². The molecule has 1 atom stereocenters. The zero-order chi connectivity index (χ0) is 13.6. The quantitative estimate of drug-likeness (QED) is 0.770. The van der Waals surface area contributed by atoms with Gasteiger partial charge in [-0.3, -0.25) is 9.59 Å². The number of aliphatic carboxylic acids is 1. The number of ether oxygens (including phenoxy) is 1. The Labute approximate surface area is 103 Å². The molecular formula is C12H23NO4. The van der Waals surface area contributed by atoms with Crippen molar-refractivity contribution in [3.05, 3.63) is 0 Å². The molecule has 0 aromatic carbocycles. The second kappa shape index (κ2) is 6.59. The van der Waals surface area contributed by atoms with Crippen molar-refractivity contribution in [3.63, 3.8) is 0 Å². The van der Waals surface area contributed by atoms with Gasteiger partial charge in [0.2, 0.25) is 5.91 Å². The minimum atomic E-state index is -0.993. The molecule has 0 radical (unpaired) electrons. The summed E-state index contributed by atoms with van der Waals surface area (Å²) in [6.07, 6.45) is 0.909. The first-order valence-electron chi connectivity index (χ1n) is 5.73. The Balaban J connectivity index is 4.49. The lowest BCUT2D eigenvalue weighted by atomic mass is 10.0. The summed E-state index contributed by atoms with van der Waals surface area (Å²) in [5.41, 5.74) is -0.480. The molecule has 100 valence electrons. The van der Waals surface area contributed by atoms with Gasteiger partial charge in [0.15, 0.2) is 0 Å². The van der Waals surface area contributed by atoms with Gasteiger partial charge in [-0.1, -0.05) is 0 Å². The molecule has 0 aromatic rings. The van der Waals surface area contributed by atoms with Crippen LogP contribution in [0.4, 0.5) is 0 Å². The predicted molar refractivity (Wildman–Crippen MR) is 64.8 cm³/mol. The van der Waals surface area contributed by atoms with E-state index in [1.165, 1.54) is 4.90 Å². The zero-order valence-corrected chi connectivity index (χ0v) is 11.3. The molecule has 5 nitrogen and oxygen atoms in total. The van der Waals surface area contributed by atoms with Crippen molar-refractivity contribution in [1.82, 2.24) is 4.90 Å². The van der Waals surface area contributed by atoms with Gasteiger partial charge in [0.05, 0.1) is 6.10 Å². The monoisotopic (exact) mass is 245 g/mol. The normalized spacial score (nSPS) is 13.2. The van der Waals surface area contributed by atoms with E-state index in [0.717, 1.165) is 0 Å². The second-order valence-electron chi connectivity index (χ2n) is 5.13. The molecular weight excluding hydrogens is 222 g/mol. The summed E-state index contributed by atoms with van der Waals surface area (Å²) in [5, 5.41) is 8.80. The van der Waals surface area contributed by atoms with Crippen LogP contribution in [0.15, 0.2) is 0 Å². The van der Waals surface area contributed by atoms with Gasteiger partial charge in [0, 0.05) is 19.1 Å². The molecule has 17 heavy (non-hydrogen) atoms. The Hall–Kier alpha value is -1.10. The molecule has 0 aliphatic rings. The first-order valence-corrected chi connectivity index (χ1v) is 5.73. The van der Waals surface area contributed by atoms with Crippen LogP contribution >= 0.6 is 0 Å². The molecule has 5 heteroatoms. The number of rotatable bonds is 6. The van der Waals surface area contributed by atoms with Crippen LogP contribution < -0.4 is 0 Å². The lowest BCUT2D eigenvalue weighted by Crippen LogP contribution is -2.48. The average molecular weight is 245 g/mol. The summed E-state index contributed by atoms with van der Waals surface area (Å²) in [6, 6.07) is 0. The maximum absolute atomic E-state index is 12.0. The Bertz CT molecular complexity index is 270. The fourth-order valence-corrected chi connectivity index (χ4v) is 1.41. The SMILES string of the molecule is COC(C)CCC(=O)N(CC(=O)O)C(C)(C)C. The van der Waals surface area contributed by atoms with E-state index in [0.29, 0.717) is 12.8 Å². The third-order valence-corrected chi connectivity index (χ3v) is 2.57. The molecule has 1 unspecified atom stereocenters. The number of nitrogens with zero attached hydrogens (tertiary/aromatic N) is 1. The van der Waals surface area contributed by atoms with Crippen LogP contribution in [-0.2, 0) is 14.3 Å². The Morgan fingerprint density at radius 2 is 1.88 bits per heavy atom.